The maximum Gasteiger partial charge on any atom is 0.0625 e. The Bertz CT molecular complexity index is 317. The molecule has 0 heterocycles. The number of nitriles is 1. The van der Waals surface area contributed by atoms with Crippen molar-refractivity contribution in [3.8, 4) is 6.07 Å². The molecule has 1 aromatic carbocycles. The molecule has 0 saturated carbocycles. The van der Waals surface area contributed by atoms with E-state index in [-0.39, 0.29) is 0 Å². The van der Waals surface area contributed by atoms with Crippen molar-refractivity contribution >= 4 is 24.2 Å². The number of thiol groups is 1. The van der Waals surface area contributed by atoms with Gasteiger partial charge in [-0.15, -0.1) is 12.6 Å². The summed E-state index contributed by atoms with van der Waals surface area (Å²) in [4.78, 5) is 0.882. The van der Waals surface area contributed by atoms with E-state index in [1.165, 1.54) is 0 Å². The SMILES string of the molecule is N#CCCc1cc(S)ccc1Cl. The van der Waals surface area contributed by atoms with Crippen LogP contribution in [-0.2, 0) is 6.42 Å². The summed E-state index contributed by atoms with van der Waals surface area (Å²) in [5.74, 6) is 0. The smallest absolute Gasteiger partial charge is 0.0625 e. The van der Waals surface area contributed by atoms with Crippen LogP contribution in [0.3, 0.4) is 0 Å². The van der Waals surface area contributed by atoms with Crippen LogP contribution in [0.4, 0.5) is 0 Å². The average Bonchev–Trinajstić information content (AvgIpc) is 2.07. The first-order valence-corrected chi connectivity index (χ1v) is 4.41. The molecule has 0 unspecified atom stereocenters. The lowest BCUT2D eigenvalue weighted by Gasteiger charge is -2.01. The Hall–Kier alpha value is -0.650. The molecule has 1 rings (SSSR count). The largest absolute Gasteiger partial charge is 0.198 e. The predicted molar refractivity (Wildman–Crippen MR) is 52.6 cm³/mol. The predicted octanol–water partition coefficient (Wildman–Crippen LogP) is 3.08. The van der Waals surface area contributed by atoms with Crippen molar-refractivity contribution < 1.29 is 0 Å². The van der Waals surface area contributed by atoms with Gasteiger partial charge < -0.3 is 0 Å². The second kappa shape index (κ2) is 4.39. The molecule has 0 N–H and O–H groups in total. The minimum Gasteiger partial charge on any atom is -0.198 e. The number of hydrogen-bond acceptors (Lipinski definition) is 2. The molecule has 0 aromatic heterocycles. The second-order valence-corrected chi connectivity index (χ2v) is 3.36. The van der Waals surface area contributed by atoms with Gasteiger partial charge in [0.25, 0.3) is 0 Å². The van der Waals surface area contributed by atoms with Crippen LogP contribution in [0.2, 0.25) is 5.02 Å². The standard InChI is InChI=1S/C9H8ClNS/c10-9-4-3-8(12)6-7(9)2-1-5-11/h3-4,6,12H,1-2H2. The van der Waals surface area contributed by atoms with Gasteiger partial charge in [0.2, 0.25) is 0 Å². The van der Waals surface area contributed by atoms with Crippen molar-refractivity contribution in [2.45, 2.75) is 17.7 Å². The molecule has 1 aromatic rings. The van der Waals surface area contributed by atoms with E-state index in [1.54, 1.807) is 6.07 Å². The Morgan fingerprint density at radius 3 is 2.92 bits per heavy atom. The highest BCUT2D eigenvalue weighted by Gasteiger charge is 1.99. The number of hydrogen-bond donors (Lipinski definition) is 1. The number of benzene rings is 1. The molecule has 0 fully saturated rings. The highest BCUT2D eigenvalue weighted by molar-refractivity contribution is 7.80. The third kappa shape index (κ3) is 2.44. The molecule has 0 aliphatic rings. The highest BCUT2D eigenvalue weighted by Crippen LogP contribution is 2.20. The van der Waals surface area contributed by atoms with Crippen LogP contribution in [0, 0.1) is 11.3 Å². The molecule has 0 bridgehead atoms. The van der Waals surface area contributed by atoms with Gasteiger partial charge in [-0.3, -0.25) is 0 Å². The van der Waals surface area contributed by atoms with E-state index >= 15 is 0 Å². The summed E-state index contributed by atoms with van der Waals surface area (Å²) >= 11 is 10.1. The number of nitrogens with zero attached hydrogens (tertiary/aromatic N) is 1. The Balaban J connectivity index is 2.84. The van der Waals surface area contributed by atoms with Crippen LogP contribution in [0.15, 0.2) is 23.1 Å². The van der Waals surface area contributed by atoms with Gasteiger partial charge in [-0.25, -0.2) is 0 Å². The fourth-order valence-electron chi connectivity index (χ4n) is 0.943. The van der Waals surface area contributed by atoms with E-state index in [0.29, 0.717) is 17.9 Å². The van der Waals surface area contributed by atoms with Crippen LogP contribution in [0.5, 0.6) is 0 Å². The molecule has 0 spiro atoms. The minimum absolute atomic E-state index is 0.497. The molecule has 0 atom stereocenters. The highest BCUT2D eigenvalue weighted by atomic mass is 35.5. The third-order valence-corrected chi connectivity index (χ3v) is 2.18. The molecule has 12 heavy (non-hydrogen) atoms. The summed E-state index contributed by atoms with van der Waals surface area (Å²) in [6.07, 6.45) is 1.20. The van der Waals surface area contributed by atoms with E-state index in [4.69, 9.17) is 16.9 Å². The summed E-state index contributed by atoms with van der Waals surface area (Å²) in [7, 11) is 0. The van der Waals surface area contributed by atoms with Gasteiger partial charge in [-0.2, -0.15) is 5.26 Å². The van der Waals surface area contributed by atoms with Crippen LogP contribution >= 0.6 is 24.2 Å². The van der Waals surface area contributed by atoms with E-state index in [2.05, 4.69) is 18.7 Å². The van der Waals surface area contributed by atoms with Gasteiger partial charge in [0.15, 0.2) is 0 Å². The fourth-order valence-corrected chi connectivity index (χ4v) is 1.39. The summed E-state index contributed by atoms with van der Waals surface area (Å²) in [5, 5.41) is 9.09. The lowest BCUT2D eigenvalue weighted by Crippen LogP contribution is -1.85. The quantitative estimate of drug-likeness (QED) is 0.724. The van der Waals surface area contributed by atoms with E-state index in [1.807, 2.05) is 12.1 Å². The molecule has 0 aliphatic heterocycles. The first-order chi connectivity index (χ1) is 5.74. The first-order valence-electron chi connectivity index (χ1n) is 3.58. The molecule has 62 valence electrons. The summed E-state index contributed by atoms with van der Waals surface area (Å²) in [6.45, 7) is 0. The lowest BCUT2D eigenvalue weighted by atomic mass is 10.1. The van der Waals surface area contributed by atoms with Crippen LogP contribution in [-0.4, -0.2) is 0 Å². The zero-order valence-electron chi connectivity index (χ0n) is 6.42. The molecule has 0 saturated heterocycles. The Kier molecular flexibility index (Phi) is 3.46. The van der Waals surface area contributed by atoms with Crippen molar-refractivity contribution in [2.75, 3.05) is 0 Å². The van der Waals surface area contributed by atoms with E-state index in [9.17, 15) is 0 Å². The minimum atomic E-state index is 0.497. The van der Waals surface area contributed by atoms with Gasteiger partial charge in [-0.05, 0) is 30.2 Å². The van der Waals surface area contributed by atoms with Gasteiger partial charge in [0.05, 0.1) is 6.07 Å². The maximum absolute atomic E-state index is 8.38. The van der Waals surface area contributed by atoms with Gasteiger partial charge in [-0.1, -0.05) is 11.6 Å². The lowest BCUT2D eigenvalue weighted by molar-refractivity contribution is 1.00. The number of halogens is 1. The molecular formula is C9H8ClNS. The van der Waals surface area contributed by atoms with E-state index in [0.717, 1.165) is 10.5 Å². The van der Waals surface area contributed by atoms with Crippen LogP contribution < -0.4 is 0 Å². The summed E-state index contributed by atoms with van der Waals surface area (Å²) < 4.78 is 0. The fraction of sp³-hybridized carbons (Fsp3) is 0.222. The average molecular weight is 198 g/mol. The van der Waals surface area contributed by atoms with Crippen LogP contribution in [0.25, 0.3) is 0 Å². The monoisotopic (exact) mass is 197 g/mol. The zero-order valence-corrected chi connectivity index (χ0v) is 8.07. The van der Waals surface area contributed by atoms with Crippen LogP contribution in [0.1, 0.15) is 12.0 Å². The Morgan fingerprint density at radius 2 is 2.25 bits per heavy atom. The molecular weight excluding hydrogens is 190 g/mol. The summed E-state index contributed by atoms with van der Waals surface area (Å²) in [6, 6.07) is 7.61. The van der Waals surface area contributed by atoms with Crippen molar-refractivity contribution in [1.29, 1.82) is 5.26 Å². The topological polar surface area (TPSA) is 23.8 Å². The summed E-state index contributed by atoms with van der Waals surface area (Å²) in [5.41, 5.74) is 0.991. The van der Waals surface area contributed by atoms with E-state index < -0.39 is 0 Å². The third-order valence-electron chi connectivity index (χ3n) is 1.54. The van der Waals surface area contributed by atoms with Gasteiger partial charge >= 0.3 is 0 Å². The number of rotatable bonds is 2. The second-order valence-electron chi connectivity index (χ2n) is 2.43. The Labute approximate surface area is 82.4 Å². The molecule has 0 aliphatic carbocycles. The molecule has 1 nitrogen and oxygen atoms in total. The van der Waals surface area contributed by atoms with Gasteiger partial charge in [0.1, 0.15) is 0 Å². The zero-order chi connectivity index (χ0) is 8.97. The molecule has 3 heteroatoms. The van der Waals surface area contributed by atoms with Crippen molar-refractivity contribution in [3.05, 3.63) is 28.8 Å². The van der Waals surface area contributed by atoms with Crippen molar-refractivity contribution in [1.82, 2.24) is 0 Å². The van der Waals surface area contributed by atoms with Crippen molar-refractivity contribution in [2.24, 2.45) is 0 Å². The molecule has 0 radical (unpaired) electrons. The van der Waals surface area contributed by atoms with Crippen molar-refractivity contribution in [3.63, 3.8) is 0 Å². The Morgan fingerprint density at radius 1 is 1.50 bits per heavy atom. The normalized spacial score (nSPS) is 9.42. The first kappa shape index (κ1) is 9.44. The van der Waals surface area contributed by atoms with Gasteiger partial charge in [0, 0.05) is 16.3 Å². The maximum atomic E-state index is 8.38. The number of aryl methyl sites for hydroxylation is 1. The molecule has 0 amide bonds.